The van der Waals surface area contributed by atoms with Gasteiger partial charge in [0.25, 0.3) is 0 Å². The molecule has 22 heavy (non-hydrogen) atoms. The number of esters is 2. The van der Waals surface area contributed by atoms with E-state index in [1.165, 1.54) is 0 Å². The maximum Gasteiger partial charge on any atom is 0.332 e. The molecule has 1 aromatic carbocycles. The number of carbonyl (C=O) groups excluding carboxylic acids is 2. The van der Waals surface area contributed by atoms with Crippen LogP contribution in [0, 0.1) is 0 Å². The van der Waals surface area contributed by atoms with Crippen molar-refractivity contribution in [2.75, 3.05) is 13.2 Å². The van der Waals surface area contributed by atoms with Crippen LogP contribution in [0.25, 0.3) is 0 Å². The second-order valence-electron chi connectivity index (χ2n) is 5.89. The van der Waals surface area contributed by atoms with E-state index in [4.69, 9.17) is 14.2 Å². The summed E-state index contributed by atoms with van der Waals surface area (Å²) in [6, 6.07) is 9.50. The molecule has 0 aliphatic rings. The summed E-state index contributed by atoms with van der Waals surface area (Å²) < 4.78 is 15.4. The minimum atomic E-state index is -0.512. The van der Waals surface area contributed by atoms with Crippen LogP contribution in [-0.2, 0) is 30.4 Å². The van der Waals surface area contributed by atoms with Crippen LogP contribution in [0.4, 0.5) is 0 Å². The lowest BCUT2D eigenvalue weighted by molar-refractivity contribution is -0.160. The van der Waals surface area contributed by atoms with Gasteiger partial charge in [0.15, 0.2) is 0 Å². The number of hydrogen-bond acceptors (Lipinski definition) is 5. The zero-order chi connectivity index (χ0) is 16.4. The lowest BCUT2D eigenvalue weighted by atomic mass is 10.2. The minimum absolute atomic E-state index is 0.101. The first-order chi connectivity index (χ1) is 10.4. The van der Waals surface area contributed by atoms with Gasteiger partial charge in [0, 0.05) is 13.0 Å². The summed E-state index contributed by atoms with van der Waals surface area (Å²) in [6.45, 7) is 5.89. The first kappa shape index (κ1) is 18.2. The molecule has 0 saturated heterocycles. The van der Waals surface area contributed by atoms with Crippen LogP contribution in [0.3, 0.4) is 0 Å². The summed E-state index contributed by atoms with van der Waals surface area (Å²) in [5.74, 6) is -0.677. The van der Waals surface area contributed by atoms with Crippen molar-refractivity contribution in [3.8, 4) is 0 Å². The van der Waals surface area contributed by atoms with Gasteiger partial charge < -0.3 is 14.2 Å². The Morgan fingerprint density at radius 3 is 2.36 bits per heavy atom. The Morgan fingerprint density at radius 1 is 1.05 bits per heavy atom. The molecule has 0 aliphatic carbocycles. The average Bonchev–Trinajstić information content (AvgIpc) is 2.44. The second-order valence-corrected chi connectivity index (χ2v) is 5.89. The third-order valence-electron chi connectivity index (χ3n) is 2.55. The van der Waals surface area contributed by atoms with E-state index in [0.29, 0.717) is 13.0 Å². The fraction of sp³-hybridized carbons (Fsp3) is 0.529. The molecule has 1 rings (SSSR count). The standard InChI is InChI=1S/C17H24O5/c1-17(2,3)22-16(19)13-20-11-7-10-15(18)21-12-14-8-5-4-6-9-14/h4-6,8-9H,7,10-13H2,1-3H3. The van der Waals surface area contributed by atoms with Crippen molar-refractivity contribution >= 4 is 11.9 Å². The van der Waals surface area contributed by atoms with E-state index in [1.54, 1.807) is 20.8 Å². The van der Waals surface area contributed by atoms with Gasteiger partial charge >= 0.3 is 11.9 Å². The van der Waals surface area contributed by atoms with Crippen LogP contribution < -0.4 is 0 Å². The molecule has 0 bridgehead atoms. The Bertz CT molecular complexity index is 462. The molecule has 0 radical (unpaired) electrons. The summed E-state index contributed by atoms with van der Waals surface area (Å²) in [7, 11) is 0. The summed E-state index contributed by atoms with van der Waals surface area (Å²) in [6.07, 6.45) is 0.775. The summed E-state index contributed by atoms with van der Waals surface area (Å²) in [5.41, 5.74) is 0.443. The fourth-order valence-corrected chi connectivity index (χ4v) is 1.66. The highest BCUT2D eigenvalue weighted by molar-refractivity contribution is 5.71. The van der Waals surface area contributed by atoms with Gasteiger partial charge in [0.2, 0.25) is 0 Å². The SMILES string of the molecule is CC(C)(C)OC(=O)COCCCC(=O)OCc1ccccc1. The highest BCUT2D eigenvalue weighted by Crippen LogP contribution is 2.07. The Labute approximate surface area is 131 Å². The molecule has 0 unspecified atom stereocenters. The van der Waals surface area contributed by atoms with E-state index in [-0.39, 0.29) is 25.6 Å². The molecule has 0 aliphatic heterocycles. The number of carbonyl (C=O) groups is 2. The van der Waals surface area contributed by atoms with E-state index in [1.807, 2.05) is 30.3 Å². The zero-order valence-electron chi connectivity index (χ0n) is 13.5. The van der Waals surface area contributed by atoms with E-state index < -0.39 is 11.6 Å². The van der Waals surface area contributed by atoms with E-state index in [2.05, 4.69) is 0 Å². The topological polar surface area (TPSA) is 61.8 Å². The Balaban J connectivity index is 2.04. The van der Waals surface area contributed by atoms with Crippen molar-refractivity contribution in [1.82, 2.24) is 0 Å². The van der Waals surface area contributed by atoms with Crippen molar-refractivity contribution in [2.24, 2.45) is 0 Å². The van der Waals surface area contributed by atoms with Crippen molar-refractivity contribution in [3.63, 3.8) is 0 Å². The quantitative estimate of drug-likeness (QED) is 0.546. The Morgan fingerprint density at radius 2 is 1.73 bits per heavy atom. The van der Waals surface area contributed by atoms with Gasteiger partial charge in [0.05, 0.1) is 0 Å². The molecule has 5 heteroatoms. The van der Waals surface area contributed by atoms with E-state index in [0.717, 1.165) is 5.56 Å². The predicted octanol–water partition coefficient (Wildman–Crippen LogP) is 2.87. The van der Waals surface area contributed by atoms with Crippen LogP contribution in [0.15, 0.2) is 30.3 Å². The third kappa shape index (κ3) is 9.13. The van der Waals surface area contributed by atoms with Crippen LogP contribution >= 0.6 is 0 Å². The van der Waals surface area contributed by atoms with Crippen molar-refractivity contribution < 1.29 is 23.8 Å². The normalized spacial score (nSPS) is 11.0. The Kier molecular flexibility index (Phi) is 7.60. The molecule has 0 heterocycles. The second kappa shape index (κ2) is 9.20. The maximum absolute atomic E-state index is 11.5. The highest BCUT2D eigenvalue weighted by Gasteiger charge is 2.16. The summed E-state index contributed by atoms with van der Waals surface area (Å²) >= 11 is 0. The van der Waals surface area contributed by atoms with Gasteiger partial charge in [-0.05, 0) is 32.8 Å². The molecule has 0 saturated carbocycles. The molecular formula is C17H24O5. The number of hydrogen-bond donors (Lipinski definition) is 0. The number of rotatable bonds is 8. The molecule has 122 valence electrons. The van der Waals surface area contributed by atoms with Crippen LogP contribution in [0.1, 0.15) is 39.2 Å². The summed E-state index contributed by atoms with van der Waals surface area (Å²) in [5, 5.41) is 0. The molecular weight excluding hydrogens is 284 g/mol. The highest BCUT2D eigenvalue weighted by atomic mass is 16.6. The lowest BCUT2D eigenvalue weighted by Crippen LogP contribution is -2.26. The van der Waals surface area contributed by atoms with Gasteiger partial charge in [0.1, 0.15) is 18.8 Å². The van der Waals surface area contributed by atoms with Crippen LogP contribution in [0.2, 0.25) is 0 Å². The molecule has 0 spiro atoms. The molecule has 5 nitrogen and oxygen atoms in total. The number of ether oxygens (including phenoxy) is 3. The molecule has 0 aromatic heterocycles. The fourth-order valence-electron chi connectivity index (χ4n) is 1.66. The third-order valence-corrected chi connectivity index (χ3v) is 2.55. The van der Waals surface area contributed by atoms with Crippen molar-refractivity contribution in [2.45, 2.75) is 45.8 Å². The van der Waals surface area contributed by atoms with E-state index in [9.17, 15) is 9.59 Å². The molecule has 0 N–H and O–H groups in total. The summed E-state index contributed by atoms with van der Waals surface area (Å²) in [4.78, 5) is 22.9. The largest absolute Gasteiger partial charge is 0.461 e. The Hall–Kier alpha value is -1.88. The maximum atomic E-state index is 11.5. The molecule has 0 fully saturated rings. The van der Waals surface area contributed by atoms with Gasteiger partial charge in [-0.1, -0.05) is 30.3 Å². The van der Waals surface area contributed by atoms with E-state index >= 15 is 0 Å². The molecule has 0 atom stereocenters. The average molecular weight is 308 g/mol. The molecule has 0 amide bonds. The van der Waals surface area contributed by atoms with Gasteiger partial charge in [-0.25, -0.2) is 4.79 Å². The predicted molar refractivity (Wildman–Crippen MR) is 82.1 cm³/mol. The van der Waals surface area contributed by atoms with Gasteiger partial charge in [-0.3, -0.25) is 4.79 Å². The van der Waals surface area contributed by atoms with Crippen molar-refractivity contribution in [1.29, 1.82) is 0 Å². The monoisotopic (exact) mass is 308 g/mol. The van der Waals surface area contributed by atoms with Crippen LogP contribution in [0.5, 0.6) is 0 Å². The first-order valence-electron chi connectivity index (χ1n) is 7.36. The van der Waals surface area contributed by atoms with Crippen molar-refractivity contribution in [3.05, 3.63) is 35.9 Å². The number of benzene rings is 1. The van der Waals surface area contributed by atoms with Gasteiger partial charge in [-0.2, -0.15) is 0 Å². The minimum Gasteiger partial charge on any atom is -0.461 e. The first-order valence-corrected chi connectivity index (χ1v) is 7.36. The molecule has 1 aromatic rings. The van der Waals surface area contributed by atoms with Gasteiger partial charge in [-0.15, -0.1) is 0 Å². The smallest absolute Gasteiger partial charge is 0.332 e. The van der Waals surface area contributed by atoms with Crippen LogP contribution in [-0.4, -0.2) is 30.8 Å². The lowest BCUT2D eigenvalue weighted by Gasteiger charge is -2.19. The zero-order valence-corrected chi connectivity index (χ0v) is 13.5.